The summed E-state index contributed by atoms with van der Waals surface area (Å²) < 4.78 is 28.3. The van der Waals surface area contributed by atoms with Crippen LogP contribution in [-0.4, -0.2) is 40.7 Å². The lowest BCUT2D eigenvalue weighted by atomic mass is 10.3. The number of nitrogens with two attached hydrogens (primary N) is 1. The number of imide groups is 1. The number of carbonyl (C=O) groups is 2. The molecule has 1 fully saturated rings. The second-order valence-corrected chi connectivity index (χ2v) is 9.18. The molecule has 10 nitrogen and oxygen atoms in total. The lowest BCUT2D eigenvalue weighted by Gasteiger charge is -2.15. The van der Waals surface area contributed by atoms with Crippen LogP contribution in [0.2, 0.25) is 0 Å². The summed E-state index contributed by atoms with van der Waals surface area (Å²) in [7, 11) is -3.87. The van der Waals surface area contributed by atoms with Crippen molar-refractivity contribution in [2.75, 3.05) is 4.90 Å². The molecule has 0 bridgehead atoms. The maximum absolute atomic E-state index is 12.8. The maximum Gasteiger partial charge on any atom is 0.247 e. The number of thioether (sulfide) groups is 1. The van der Waals surface area contributed by atoms with E-state index in [9.17, 15) is 18.0 Å². The van der Waals surface area contributed by atoms with Crippen molar-refractivity contribution >= 4 is 39.3 Å². The van der Waals surface area contributed by atoms with E-state index in [-0.39, 0.29) is 22.2 Å². The van der Waals surface area contributed by atoms with E-state index >= 15 is 0 Å². The van der Waals surface area contributed by atoms with Gasteiger partial charge in [0.1, 0.15) is 16.7 Å². The molecule has 0 saturated carbocycles. The highest BCUT2D eigenvalue weighted by molar-refractivity contribution is 8.00. The van der Waals surface area contributed by atoms with Crippen LogP contribution in [0.1, 0.15) is 12.2 Å². The zero-order valence-electron chi connectivity index (χ0n) is 15.5. The predicted octanol–water partition coefficient (Wildman–Crippen LogP) is 1.51. The molecular formula is C18H15N5O5S2. The van der Waals surface area contributed by atoms with Gasteiger partial charge in [0, 0.05) is 6.42 Å². The molecule has 154 valence electrons. The fraction of sp³-hybridized carbons (Fsp3) is 0.167. The van der Waals surface area contributed by atoms with Crippen LogP contribution < -0.4 is 10.0 Å². The Morgan fingerprint density at radius 1 is 1.17 bits per heavy atom. The van der Waals surface area contributed by atoms with E-state index in [1.165, 1.54) is 30.5 Å². The third-order valence-electron chi connectivity index (χ3n) is 4.31. The molecule has 2 N–H and O–H groups in total. The van der Waals surface area contributed by atoms with Crippen LogP contribution in [0.5, 0.6) is 0 Å². The molecule has 3 heterocycles. The normalized spacial score (nSPS) is 17.0. The number of rotatable bonds is 5. The van der Waals surface area contributed by atoms with Gasteiger partial charge in [-0.3, -0.25) is 9.59 Å². The summed E-state index contributed by atoms with van der Waals surface area (Å²) in [5.74, 6) is 0.385. The van der Waals surface area contributed by atoms with Crippen molar-refractivity contribution in [3.05, 3.63) is 48.4 Å². The van der Waals surface area contributed by atoms with Gasteiger partial charge in [0.25, 0.3) is 0 Å². The number of hydrogen-bond donors (Lipinski definition) is 1. The van der Waals surface area contributed by atoms with Gasteiger partial charge in [-0.2, -0.15) is 5.10 Å². The van der Waals surface area contributed by atoms with Crippen LogP contribution in [0.3, 0.4) is 0 Å². The van der Waals surface area contributed by atoms with Crippen LogP contribution in [0, 0.1) is 6.92 Å². The Morgan fingerprint density at radius 3 is 2.53 bits per heavy atom. The number of anilines is 1. The van der Waals surface area contributed by atoms with Gasteiger partial charge in [-0.05, 0) is 43.3 Å². The van der Waals surface area contributed by atoms with Crippen LogP contribution in [-0.2, 0) is 19.6 Å². The molecule has 3 aromatic rings. The monoisotopic (exact) mass is 445 g/mol. The lowest BCUT2D eigenvalue weighted by molar-refractivity contribution is -0.121. The van der Waals surface area contributed by atoms with Gasteiger partial charge < -0.3 is 4.42 Å². The Bertz CT molecular complexity index is 1240. The molecule has 0 aliphatic carbocycles. The fourth-order valence-corrected chi connectivity index (χ4v) is 4.35. The third kappa shape index (κ3) is 3.97. The van der Waals surface area contributed by atoms with Gasteiger partial charge in [0.15, 0.2) is 5.76 Å². The number of sulfonamides is 1. The highest BCUT2D eigenvalue weighted by Gasteiger charge is 2.40. The van der Waals surface area contributed by atoms with Gasteiger partial charge in [-0.25, -0.2) is 23.4 Å². The van der Waals surface area contributed by atoms with Crippen molar-refractivity contribution in [3.8, 4) is 11.5 Å². The van der Waals surface area contributed by atoms with Gasteiger partial charge >= 0.3 is 0 Å². The van der Waals surface area contributed by atoms with Crippen molar-refractivity contribution in [1.29, 1.82) is 0 Å². The number of furan rings is 1. The molecule has 1 aliphatic rings. The molecule has 30 heavy (non-hydrogen) atoms. The van der Waals surface area contributed by atoms with E-state index in [0.717, 1.165) is 22.4 Å². The van der Waals surface area contributed by atoms with Crippen molar-refractivity contribution in [2.24, 2.45) is 5.14 Å². The topological polar surface area (TPSA) is 149 Å². The van der Waals surface area contributed by atoms with Crippen molar-refractivity contribution in [1.82, 2.24) is 15.2 Å². The summed E-state index contributed by atoms with van der Waals surface area (Å²) in [5, 5.41) is 12.4. The summed E-state index contributed by atoms with van der Waals surface area (Å²) in [6, 6.07) is 8.76. The number of benzene rings is 1. The van der Waals surface area contributed by atoms with Gasteiger partial charge in [-0.1, -0.05) is 11.8 Å². The van der Waals surface area contributed by atoms with Crippen LogP contribution in [0.4, 0.5) is 5.69 Å². The predicted molar refractivity (Wildman–Crippen MR) is 107 cm³/mol. The first kappa shape index (κ1) is 20.2. The molecule has 2 amide bonds. The van der Waals surface area contributed by atoms with Gasteiger partial charge in [-0.15, -0.1) is 5.10 Å². The van der Waals surface area contributed by atoms with Crippen LogP contribution >= 0.6 is 11.8 Å². The van der Waals surface area contributed by atoms with Gasteiger partial charge in [0.05, 0.1) is 16.8 Å². The molecule has 1 unspecified atom stereocenters. The minimum atomic E-state index is -3.87. The lowest BCUT2D eigenvalue weighted by Crippen LogP contribution is -2.31. The van der Waals surface area contributed by atoms with Crippen LogP contribution in [0.15, 0.2) is 57.1 Å². The second kappa shape index (κ2) is 7.63. The van der Waals surface area contributed by atoms with E-state index in [1.807, 2.05) is 0 Å². The molecule has 12 heteroatoms. The maximum atomic E-state index is 12.8. The molecule has 1 saturated heterocycles. The van der Waals surface area contributed by atoms with Crippen molar-refractivity contribution in [3.63, 3.8) is 0 Å². The highest BCUT2D eigenvalue weighted by atomic mass is 32.2. The van der Waals surface area contributed by atoms with Crippen LogP contribution in [0.25, 0.3) is 11.5 Å². The summed E-state index contributed by atoms with van der Waals surface area (Å²) in [6.45, 7) is 1.81. The zero-order chi connectivity index (χ0) is 21.5. The number of primary sulfonamides is 1. The Hall–Kier alpha value is -3.09. The smallest absolute Gasteiger partial charge is 0.247 e. The Labute approximate surface area is 175 Å². The molecule has 2 aromatic heterocycles. The van der Waals surface area contributed by atoms with Crippen molar-refractivity contribution < 1.29 is 22.4 Å². The molecule has 1 atom stereocenters. The first-order chi connectivity index (χ1) is 14.2. The van der Waals surface area contributed by atoms with Crippen molar-refractivity contribution in [2.45, 2.75) is 28.6 Å². The largest absolute Gasteiger partial charge is 0.460 e. The van der Waals surface area contributed by atoms with E-state index in [4.69, 9.17) is 9.56 Å². The Balaban J connectivity index is 1.53. The minimum Gasteiger partial charge on any atom is -0.460 e. The molecule has 1 aromatic carbocycles. The SMILES string of the molecule is Cc1ccc(-c2cnnc(SC3CC(=O)N(c4ccc(S(N)(=O)=O)cc4)C3=O)n2)o1. The average Bonchev–Trinajstić information content (AvgIpc) is 3.25. The summed E-state index contributed by atoms with van der Waals surface area (Å²) in [6.07, 6.45) is 1.40. The Morgan fingerprint density at radius 2 is 1.90 bits per heavy atom. The minimum absolute atomic E-state index is 0.0477. The van der Waals surface area contributed by atoms with E-state index in [1.54, 1.807) is 19.1 Å². The average molecular weight is 445 g/mol. The quantitative estimate of drug-likeness (QED) is 0.576. The highest BCUT2D eigenvalue weighted by Crippen LogP contribution is 2.33. The second-order valence-electron chi connectivity index (χ2n) is 6.45. The summed E-state index contributed by atoms with van der Waals surface area (Å²) >= 11 is 1.03. The molecule has 0 radical (unpaired) electrons. The standard InChI is InChI=1S/C18H15N5O5S2/c1-10-2-7-14(28-10)13-9-20-22-18(21-13)29-15-8-16(24)23(17(15)25)11-3-5-12(6-4-11)30(19,26)27/h2-7,9,15H,8H2,1H3,(H2,19,26,27). The molecule has 4 rings (SSSR count). The fourth-order valence-electron chi connectivity index (χ4n) is 2.91. The summed E-state index contributed by atoms with van der Waals surface area (Å²) in [4.78, 5) is 30.5. The number of carbonyl (C=O) groups excluding carboxylic acids is 2. The number of aryl methyl sites for hydroxylation is 1. The molecule has 0 spiro atoms. The van der Waals surface area contributed by atoms with E-state index in [2.05, 4.69) is 15.2 Å². The summed E-state index contributed by atoms with van der Waals surface area (Å²) in [5.41, 5.74) is 0.729. The first-order valence-electron chi connectivity index (χ1n) is 8.65. The number of amides is 2. The van der Waals surface area contributed by atoms with E-state index < -0.39 is 27.1 Å². The number of aromatic nitrogens is 3. The van der Waals surface area contributed by atoms with E-state index in [0.29, 0.717) is 11.5 Å². The number of nitrogens with zero attached hydrogens (tertiary/aromatic N) is 4. The zero-order valence-corrected chi connectivity index (χ0v) is 17.2. The first-order valence-corrected chi connectivity index (χ1v) is 11.1. The van der Waals surface area contributed by atoms with Gasteiger partial charge in [0.2, 0.25) is 27.0 Å². The Kier molecular flexibility index (Phi) is 5.13. The number of hydrogen-bond acceptors (Lipinski definition) is 9. The molecular weight excluding hydrogens is 430 g/mol. The third-order valence-corrected chi connectivity index (χ3v) is 6.27. The molecule has 1 aliphatic heterocycles.